The fourth-order valence-corrected chi connectivity index (χ4v) is 2.53. The van der Waals surface area contributed by atoms with Crippen LogP contribution in [0.25, 0.3) is 18.2 Å². The first-order valence-corrected chi connectivity index (χ1v) is 7.32. The molecule has 21 heavy (non-hydrogen) atoms. The average molecular weight is 274 g/mol. The van der Waals surface area contributed by atoms with Gasteiger partial charge in [-0.2, -0.15) is 0 Å². The van der Waals surface area contributed by atoms with E-state index >= 15 is 0 Å². The van der Waals surface area contributed by atoms with Crippen LogP contribution in [0.5, 0.6) is 0 Å². The Hall–Kier alpha value is -2.34. The molecule has 2 aromatic carbocycles. The van der Waals surface area contributed by atoms with Gasteiger partial charge in [-0.05, 0) is 52.3 Å². The van der Waals surface area contributed by atoms with Gasteiger partial charge < -0.3 is 0 Å². The molecule has 0 nitrogen and oxygen atoms in total. The maximum Gasteiger partial charge on any atom is -0.00250 e. The summed E-state index contributed by atoms with van der Waals surface area (Å²) in [6.07, 6.45) is 7.64. The zero-order chi connectivity index (χ0) is 15.2. The predicted molar refractivity (Wildman–Crippen MR) is 95.3 cm³/mol. The topological polar surface area (TPSA) is 0 Å². The Morgan fingerprint density at radius 2 is 1.10 bits per heavy atom. The van der Waals surface area contributed by atoms with Gasteiger partial charge in [0.05, 0.1) is 0 Å². The van der Waals surface area contributed by atoms with Crippen molar-refractivity contribution >= 4 is 18.2 Å². The molecule has 0 amide bonds. The molecule has 0 saturated heterocycles. The number of benzene rings is 2. The van der Waals surface area contributed by atoms with E-state index in [1.165, 1.54) is 22.3 Å². The van der Waals surface area contributed by atoms with Crippen LogP contribution in [0, 0.1) is 0 Å². The summed E-state index contributed by atoms with van der Waals surface area (Å²) in [6.45, 7) is 13.8. The summed E-state index contributed by atoms with van der Waals surface area (Å²) in [6, 6.07) is 13.2. The van der Waals surface area contributed by atoms with E-state index in [2.05, 4.69) is 63.1 Å². The Labute approximate surface area is 128 Å². The Balaban J connectivity index is 2.39. The van der Waals surface area contributed by atoms with Crippen molar-refractivity contribution in [3.63, 3.8) is 0 Å². The molecule has 0 N–H and O–H groups in total. The molecular formula is C21H22. The van der Waals surface area contributed by atoms with Crippen LogP contribution in [0.1, 0.15) is 40.3 Å². The van der Waals surface area contributed by atoms with Gasteiger partial charge in [-0.25, -0.2) is 0 Å². The van der Waals surface area contributed by atoms with Crippen LogP contribution in [0.3, 0.4) is 0 Å². The second kappa shape index (κ2) is 6.90. The van der Waals surface area contributed by atoms with E-state index < -0.39 is 0 Å². The Bertz CT molecular complexity index is 648. The van der Waals surface area contributed by atoms with E-state index in [0.717, 1.165) is 24.0 Å². The van der Waals surface area contributed by atoms with E-state index in [1.54, 1.807) is 0 Å². The third kappa shape index (κ3) is 3.82. The molecule has 0 heteroatoms. The summed E-state index contributed by atoms with van der Waals surface area (Å²) in [5, 5.41) is 0. The molecule has 0 aliphatic carbocycles. The second-order valence-electron chi connectivity index (χ2n) is 5.23. The van der Waals surface area contributed by atoms with Crippen LogP contribution < -0.4 is 0 Å². The van der Waals surface area contributed by atoms with E-state index in [-0.39, 0.29) is 0 Å². The fraction of sp³-hybridized carbons (Fsp3) is 0.143. The van der Waals surface area contributed by atoms with Crippen molar-refractivity contribution in [2.75, 3.05) is 0 Å². The largest absolute Gasteiger partial charge is 0.0985 e. The lowest BCUT2D eigenvalue weighted by atomic mass is 9.96. The van der Waals surface area contributed by atoms with Gasteiger partial charge in [-0.15, -0.1) is 0 Å². The quantitative estimate of drug-likeness (QED) is 0.627. The van der Waals surface area contributed by atoms with Gasteiger partial charge in [0.2, 0.25) is 0 Å². The van der Waals surface area contributed by atoms with Crippen LogP contribution >= 0.6 is 0 Å². The molecule has 0 aromatic heterocycles. The lowest BCUT2D eigenvalue weighted by molar-refractivity contribution is 1.10. The molecule has 0 saturated carbocycles. The predicted octanol–water partition coefficient (Wildman–Crippen LogP) is 5.77. The van der Waals surface area contributed by atoms with Crippen molar-refractivity contribution in [3.05, 3.63) is 89.5 Å². The highest BCUT2D eigenvalue weighted by molar-refractivity contribution is 5.58. The molecule has 0 unspecified atom stereocenters. The molecule has 106 valence electrons. The van der Waals surface area contributed by atoms with Gasteiger partial charge >= 0.3 is 0 Å². The Morgan fingerprint density at radius 1 is 0.667 bits per heavy atom. The summed E-state index contributed by atoms with van der Waals surface area (Å²) < 4.78 is 0. The number of hydrogen-bond donors (Lipinski definition) is 0. The van der Waals surface area contributed by atoms with Crippen molar-refractivity contribution in [1.82, 2.24) is 0 Å². The number of aryl methyl sites for hydroxylation is 1. The first kappa shape index (κ1) is 15.1. The minimum atomic E-state index is 0.914. The summed E-state index contributed by atoms with van der Waals surface area (Å²) in [5.74, 6) is 0. The fourth-order valence-electron chi connectivity index (χ4n) is 2.53. The first-order valence-electron chi connectivity index (χ1n) is 7.32. The number of rotatable bonds is 6. The summed E-state index contributed by atoms with van der Waals surface area (Å²) >= 11 is 0. The van der Waals surface area contributed by atoms with Crippen molar-refractivity contribution < 1.29 is 0 Å². The normalized spacial score (nSPS) is 10.1. The zero-order valence-corrected chi connectivity index (χ0v) is 12.7. The van der Waals surface area contributed by atoms with E-state index in [4.69, 9.17) is 0 Å². The Morgan fingerprint density at radius 3 is 1.57 bits per heavy atom. The van der Waals surface area contributed by atoms with Gasteiger partial charge in [0.1, 0.15) is 0 Å². The zero-order valence-electron chi connectivity index (χ0n) is 12.7. The summed E-state index contributed by atoms with van der Waals surface area (Å²) in [5.41, 5.74) is 7.42. The smallest absolute Gasteiger partial charge is 0.00250 e. The van der Waals surface area contributed by atoms with Crippen molar-refractivity contribution in [3.8, 4) is 0 Å². The van der Waals surface area contributed by atoms with Gasteiger partial charge in [-0.1, -0.05) is 75.2 Å². The third-order valence-electron chi connectivity index (χ3n) is 3.64. The van der Waals surface area contributed by atoms with Crippen LogP contribution in [-0.4, -0.2) is 0 Å². The monoisotopic (exact) mass is 274 g/mol. The minimum Gasteiger partial charge on any atom is -0.0985 e. The molecule has 0 atom stereocenters. The SMILES string of the molecule is C=Cc1cc(C=C)cc(Cc2cc(C=C)cc(CC)c2)c1. The summed E-state index contributed by atoms with van der Waals surface area (Å²) in [7, 11) is 0. The van der Waals surface area contributed by atoms with Gasteiger partial charge in [-0.3, -0.25) is 0 Å². The van der Waals surface area contributed by atoms with Gasteiger partial charge in [0.15, 0.2) is 0 Å². The van der Waals surface area contributed by atoms with Gasteiger partial charge in [0, 0.05) is 0 Å². The molecule has 0 heterocycles. The van der Waals surface area contributed by atoms with Crippen molar-refractivity contribution in [1.29, 1.82) is 0 Å². The highest BCUT2D eigenvalue weighted by Gasteiger charge is 2.03. The standard InChI is InChI=1S/C21H22/c1-5-16-9-17(6-2)12-20(11-16)15-21-13-18(7-3)10-19(8-4)14-21/h5-7,9-14H,1-3,8,15H2,4H3. The lowest BCUT2D eigenvalue weighted by Crippen LogP contribution is -1.93. The first-order chi connectivity index (χ1) is 10.2. The molecule has 2 aromatic rings. The van der Waals surface area contributed by atoms with Crippen LogP contribution in [0.15, 0.2) is 56.1 Å². The van der Waals surface area contributed by atoms with E-state index in [9.17, 15) is 0 Å². The molecule has 0 radical (unpaired) electrons. The molecule has 0 aliphatic rings. The minimum absolute atomic E-state index is 0.914. The molecule has 0 aliphatic heterocycles. The lowest BCUT2D eigenvalue weighted by Gasteiger charge is -2.09. The average Bonchev–Trinajstić information content (AvgIpc) is 2.53. The third-order valence-corrected chi connectivity index (χ3v) is 3.64. The Kier molecular flexibility index (Phi) is 4.94. The van der Waals surface area contributed by atoms with Crippen molar-refractivity contribution in [2.45, 2.75) is 19.8 Å². The van der Waals surface area contributed by atoms with Gasteiger partial charge in [0.25, 0.3) is 0 Å². The maximum atomic E-state index is 3.88. The summed E-state index contributed by atoms with van der Waals surface area (Å²) in [4.78, 5) is 0. The highest BCUT2D eigenvalue weighted by Crippen LogP contribution is 2.19. The molecule has 0 bridgehead atoms. The van der Waals surface area contributed by atoms with Crippen LogP contribution in [0.4, 0.5) is 0 Å². The van der Waals surface area contributed by atoms with E-state index in [0.29, 0.717) is 0 Å². The maximum absolute atomic E-state index is 3.88. The molecule has 0 fully saturated rings. The highest BCUT2D eigenvalue weighted by atomic mass is 14.1. The van der Waals surface area contributed by atoms with Crippen molar-refractivity contribution in [2.24, 2.45) is 0 Å². The van der Waals surface area contributed by atoms with Crippen LogP contribution in [0.2, 0.25) is 0 Å². The second-order valence-corrected chi connectivity index (χ2v) is 5.23. The van der Waals surface area contributed by atoms with Crippen LogP contribution in [-0.2, 0) is 12.8 Å². The molecular weight excluding hydrogens is 252 g/mol. The molecule has 2 rings (SSSR count). The number of hydrogen-bond acceptors (Lipinski definition) is 0. The van der Waals surface area contributed by atoms with E-state index in [1.807, 2.05) is 18.2 Å². The molecule has 0 spiro atoms.